The van der Waals surface area contributed by atoms with Crippen LogP contribution in [0.5, 0.6) is 0 Å². The van der Waals surface area contributed by atoms with E-state index in [2.05, 4.69) is 9.97 Å². The van der Waals surface area contributed by atoms with Crippen molar-refractivity contribution in [2.75, 3.05) is 23.3 Å². The number of anilines is 2. The highest BCUT2D eigenvalue weighted by atomic mass is 32.2. The van der Waals surface area contributed by atoms with E-state index >= 15 is 0 Å². The molecular weight excluding hydrogens is 475 g/mol. The molecule has 0 radical (unpaired) electrons. The molecule has 0 spiro atoms. The molecule has 0 aliphatic carbocycles. The molecule has 1 saturated heterocycles. The Hall–Kier alpha value is -3.01. The highest BCUT2D eigenvalue weighted by Gasteiger charge is 2.63. The van der Waals surface area contributed by atoms with Crippen LogP contribution in [-0.4, -0.2) is 49.2 Å². The first-order chi connectivity index (χ1) is 14.5. The summed E-state index contributed by atoms with van der Waals surface area (Å²) >= 11 is 0. The molecule has 3 rings (SSSR count). The number of nitrogens with one attached hydrogen (secondary N) is 1. The van der Waals surface area contributed by atoms with Gasteiger partial charge in [-0.25, -0.2) is 23.5 Å². The Bertz CT molecular complexity index is 1150. The van der Waals surface area contributed by atoms with Gasteiger partial charge in [0.15, 0.2) is 5.03 Å². The Morgan fingerprint density at radius 3 is 2.22 bits per heavy atom. The second-order valence-corrected chi connectivity index (χ2v) is 8.25. The summed E-state index contributed by atoms with van der Waals surface area (Å²) < 4.78 is 116. The molecule has 1 amide bonds. The van der Waals surface area contributed by atoms with E-state index in [1.165, 1.54) is 0 Å². The maximum absolute atomic E-state index is 13.6. The largest absolute Gasteiger partial charge is 0.417 e. The summed E-state index contributed by atoms with van der Waals surface area (Å²) in [6.07, 6.45) is -3.86. The number of rotatable bonds is 4. The smallest absolute Gasteiger partial charge is 0.343 e. The average molecular weight is 487 g/mol. The number of hydrogen-bond acceptors (Lipinski definition) is 6. The molecule has 1 fully saturated rings. The van der Waals surface area contributed by atoms with E-state index in [0.29, 0.717) is 0 Å². The van der Waals surface area contributed by atoms with Crippen LogP contribution in [0.25, 0.3) is 0 Å². The van der Waals surface area contributed by atoms with E-state index in [1.807, 2.05) is 5.32 Å². The number of amides is 1. The topological polar surface area (TPSA) is 118 Å². The molecule has 0 unspecified atom stereocenters. The van der Waals surface area contributed by atoms with Gasteiger partial charge in [0, 0.05) is 24.1 Å². The minimum atomic E-state index is -4.99. The maximum Gasteiger partial charge on any atom is 0.417 e. The molecular formula is C16H12F7N5O3S. The number of sulfonamides is 1. The molecule has 3 N–H and O–H groups in total. The van der Waals surface area contributed by atoms with E-state index in [9.17, 15) is 43.9 Å². The van der Waals surface area contributed by atoms with Crippen LogP contribution < -0.4 is 15.4 Å². The molecule has 8 nitrogen and oxygen atoms in total. The van der Waals surface area contributed by atoms with Crippen LogP contribution in [0, 0.1) is 0 Å². The number of hydrogen-bond donors (Lipinski definition) is 2. The van der Waals surface area contributed by atoms with Crippen molar-refractivity contribution in [1.82, 2.24) is 9.97 Å². The SMILES string of the molecule is NS(=O)(=O)c1cc(NC(=O)c2cc(C(F)(F)F)cnc2N2CC(F)(F)C(F)(F)C2)ccn1. The molecule has 32 heavy (non-hydrogen) atoms. The number of nitrogens with zero attached hydrogens (tertiary/aromatic N) is 3. The predicted molar refractivity (Wildman–Crippen MR) is 94.9 cm³/mol. The third kappa shape index (κ3) is 4.59. The fourth-order valence-corrected chi connectivity index (χ4v) is 3.29. The Morgan fingerprint density at radius 1 is 1.09 bits per heavy atom. The van der Waals surface area contributed by atoms with Gasteiger partial charge in [0.05, 0.1) is 24.2 Å². The van der Waals surface area contributed by atoms with Crippen molar-refractivity contribution in [1.29, 1.82) is 0 Å². The summed E-state index contributed by atoms with van der Waals surface area (Å²) in [6.45, 7) is -3.19. The summed E-state index contributed by atoms with van der Waals surface area (Å²) in [5.41, 5.74) is -2.67. The first kappa shape index (κ1) is 23.6. The zero-order valence-electron chi connectivity index (χ0n) is 15.5. The fraction of sp³-hybridized carbons (Fsp3) is 0.312. The number of primary sulfonamides is 1. The number of carbonyl (C=O) groups excluding carboxylic acids is 1. The zero-order chi connectivity index (χ0) is 24.1. The molecule has 1 aliphatic heterocycles. The second kappa shape index (κ2) is 7.54. The van der Waals surface area contributed by atoms with Crippen molar-refractivity contribution in [3.8, 4) is 0 Å². The third-order valence-electron chi connectivity index (χ3n) is 4.34. The molecule has 1 aliphatic rings. The van der Waals surface area contributed by atoms with Gasteiger partial charge in [-0.1, -0.05) is 0 Å². The van der Waals surface area contributed by atoms with Gasteiger partial charge in [-0.15, -0.1) is 0 Å². The first-order valence-corrected chi connectivity index (χ1v) is 9.94. The van der Waals surface area contributed by atoms with Crippen molar-refractivity contribution in [3.63, 3.8) is 0 Å². The first-order valence-electron chi connectivity index (χ1n) is 8.39. The Kier molecular flexibility index (Phi) is 5.57. The van der Waals surface area contributed by atoms with Crippen LogP contribution in [0.1, 0.15) is 15.9 Å². The molecule has 0 atom stereocenters. The number of halogens is 7. The summed E-state index contributed by atoms with van der Waals surface area (Å²) in [4.78, 5) is 19.7. The molecule has 2 aromatic heterocycles. The van der Waals surface area contributed by atoms with Crippen LogP contribution in [0.3, 0.4) is 0 Å². The summed E-state index contributed by atoms with van der Waals surface area (Å²) in [7, 11) is -4.30. The Balaban J connectivity index is 2.03. The number of alkyl halides is 7. The molecule has 0 bridgehead atoms. The van der Waals surface area contributed by atoms with Gasteiger partial charge in [0.1, 0.15) is 5.82 Å². The summed E-state index contributed by atoms with van der Waals surface area (Å²) in [6, 6.07) is 2.10. The number of pyridine rings is 2. The molecule has 0 aromatic carbocycles. The van der Waals surface area contributed by atoms with Crippen molar-refractivity contribution in [3.05, 3.63) is 41.7 Å². The third-order valence-corrected chi connectivity index (χ3v) is 5.14. The van der Waals surface area contributed by atoms with Crippen LogP contribution in [-0.2, 0) is 16.2 Å². The van der Waals surface area contributed by atoms with Crippen LogP contribution in [0.2, 0.25) is 0 Å². The van der Waals surface area contributed by atoms with Crippen molar-refractivity contribution >= 4 is 27.4 Å². The lowest BCUT2D eigenvalue weighted by Gasteiger charge is -2.20. The highest BCUT2D eigenvalue weighted by molar-refractivity contribution is 7.89. The minimum absolute atomic E-state index is 0.215. The minimum Gasteiger partial charge on any atom is -0.343 e. The fourth-order valence-electron chi connectivity index (χ4n) is 2.79. The van der Waals surface area contributed by atoms with Crippen molar-refractivity contribution in [2.45, 2.75) is 23.0 Å². The van der Waals surface area contributed by atoms with E-state index in [4.69, 9.17) is 5.14 Å². The molecule has 16 heteroatoms. The summed E-state index contributed by atoms with van der Waals surface area (Å²) in [5.74, 6) is -11.2. The monoisotopic (exact) mass is 487 g/mol. The Morgan fingerprint density at radius 2 is 1.69 bits per heavy atom. The maximum atomic E-state index is 13.6. The van der Waals surface area contributed by atoms with Crippen molar-refractivity contribution in [2.24, 2.45) is 5.14 Å². The molecule has 174 valence electrons. The van der Waals surface area contributed by atoms with Gasteiger partial charge in [-0.3, -0.25) is 4.79 Å². The van der Waals surface area contributed by atoms with Crippen LogP contribution >= 0.6 is 0 Å². The lowest BCUT2D eigenvalue weighted by atomic mass is 10.1. The molecule has 3 heterocycles. The van der Waals surface area contributed by atoms with E-state index < -0.39 is 69.0 Å². The standard InChI is InChI=1S/C16H12F7N5O3S/c17-14(18)6-28(7-15(14,19)20)12-10(3-8(5-26-12)16(21,22)23)13(29)27-9-1-2-25-11(4-9)32(24,30)31/h1-5H,6-7H2,(H2,24,30,31)(H,25,27,29). The van der Waals surface area contributed by atoms with Gasteiger partial charge < -0.3 is 10.2 Å². The van der Waals surface area contributed by atoms with Crippen LogP contribution in [0.15, 0.2) is 35.6 Å². The highest BCUT2D eigenvalue weighted by Crippen LogP contribution is 2.43. The van der Waals surface area contributed by atoms with Gasteiger partial charge in [0.2, 0.25) is 0 Å². The van der Waals surface area contributed by atoms with Crippen molar-refractivity contribution < 1.29 is 43.9 Å². The van der Waals surface area contributed by atoms with E-state index in [0.717, 1.165) is 18.3 Å². The van der Waals surface area contributed by atoms with E-state index in [1.54, 1.807) is 0 Å². The lowest BCUT2D eigenvalue weighted by molar-refractivity contribution is -0.172. The zero-order valence-corrected chi connectivity index (χ0v) is 16.3. The number of nitrogens with two attached hydrogens (primary N) is 1. The quantitative estimate of drug-likeness (QED) is 0.640. The lowest BCUT2D eigenvalue weighted by Crippen LogP contribution is -2.38. The Labute approximate surface area is 175 Å². The molecule has 2 aromatic rings. The average Bonchev–Trinajstić information content (AvgIpc) is 2.87. The van der Waals surface area contributed by atoms with Gasteiger partial charge in [-0.05, 0) is 12.1 Å². The molecule has 0 saturated carbocycles. The van der Waals surface area contributed by atoms with Gasteiger partial charge in [-0.2, -0.15) is 30.7 Å². The number of aromatic nitrogens is 2. The second-order valence-electron chi connectivity index (χ2n) is 6.74. The number of carbonyl (C=O) groups is 1. The summed E-state index contributed by atoms with van der Waals surface area (Å²) in [5, 5.41) is 6.27. The van der Waals surface area contributed by atoms with Crippen LogP contribution in [0.4, 0.5) is 42.2 Å². The van der Waals surface area contributed by atoms with Gasteiger partial charge in [0.25, 0.3) is 15.9 Å². The van der Waals surface area contributed by atoms with Gasteiger partial charge >= 0.3 is 18.0 Å². The normalized spacial score (nSPS) is 17.9. The van der Waals surface area contributed by atoms with E-state index in [-0.39, 0.29) is 22.9 Å². The predicted octanol–water partition coefficient (Wildman–Crippen LogP) is 2.49.